The number of anilines is 1. The van der Waals surface area contributed by atoms with Gasteiger partial charge >= 0.3 is 0 Å². The van der Waals surface area contributed by atoms with E-state index in [4.69, 9.17) is 0 Å². The van der Waals surface area contributed by atoms with E-state index in [2.05, 4.69) is 20.9 Å². The van der Waals surface area contributed by atoms with Gasteiger partial charge in [0.2, 0.25) is 0 Å². The lowest BCUT2D eigenvalue weighted by molar-refractivity contribution is 0.101. The van der Waals surface area contributed by atoms with Crippen molar-refractivity contribution in [2.75, 3.05) is 31.1 Å². The first-order valence-electron chi connectivity index (χ1n) is 7.70. The average Bonchev–Trinajstić information content (AvgIpc) is 2.57. The van der Waals surface area contributed by atoms with E-state index in [-0.39, 0.29) is 5.78 Å². The van der Waals surface area contributed by atoms with Crippen LogP contribution in [0, 0.1) is 0 Å². The van der Waals surface area contributed by atoms with Gasteiger partial charge in [0.1, 0.15) is 0 Å². The topological polar surface area (TPSA) is 36.4 Å². The summed E-state index contributed by atoms with van der Waals surface area (Å²) in [5.74, 6) is 0.117. The lowest BCUT2D eigenvalue weighted by atomic mass is 10.1. The molecule has 1 saturated heterocycles. The maximum atomic E-state index is 11.3. The third-order valence-electron chi connectivity index (χ3n) is 4.12. The number of nitrogens with zero attached hydrogens (tertiary/aromatic N) is 3. The van der Waals surface area contributed by atoms with E-state index in [1.54, 1.807) is 6.92 Å². The van der Waals surface area contributed by atoms with Crippen molar-refractivity contribution >= 4 is 11.5 Å². The molecule has 0 saturated carbocycles. The van der Waals surface area contributed by atoms with Crippen molar-refractivity contribution in [1.82, 2.24) is 9.88 Å². The number of benzene rings is 1. The Morgan fingerprint density at radius 1 is 1.05 bits per heavy atom. The lowest BCUT2D eigenvalue weighted by Crippen LogP contribution is -2.46. The van der Waals surface area contributed by atoms with Gasteiger partial charge in [0.15, 0.2) is 5.78 Å². The summed E-state index contributed by atoms with van der Waals surface area (Å²) in [5.41, 5.74) is 3.10. The van der Waals surface area contributed by atoms with Crippen LogP contribution in [0.5, 0.6) is 0 Å². The van der Waals surface area contributed by atoms with Gasteiger partial charge in [-0.15, -0.1) is 0 Å². The second-order valence-corrected chi connectivity index (χ2v) is 5.69. The Morgan fingerprint density at radius 3 is 2.36 bits per heavy atom. The molecule has 2 aromatic rings. The van der Waals surface area contributed by atoms with Gasteiger partial charge in [-0.1, -0.05) is 6.07 Å². The third kappa shape index (κ3) is 3.52. The number of ketones is 1. The Kier molecular flexibility index (Phi) is 4.49. The smallest absolute Gasteiger partial charge is 0.159 e. The van der Waals surface area contributed by atoms with E-state index in [1.807, 2.05) is 42.6 Å². The van der Waals surface area contributed by atoms with Gasteiger partial charge in [-0.25, -0.2) is 0 Å². The zero-order chi connectivity index (χ0) is 15.4. The summed E-state index contributed by atoms with van der Waals surface area (Å²) in [7, 11) is 0. The molecule has 0 unspecified atom stereocenters. The van der Waals surface area contributed by atoms with Crippen LogP contribution < -0.4 is 4.90 Å². The van der Waals surface area contributed by atoms with Gasteiger partial charge < -0.3 is 4.90 Å². The highest BCUT2D eigenvalue weighted by Gasteiger charge is 2.17. The number of hydrogen-bond donors (Lipinski definition) is 0. The summed E-state index contributed by atoms with van der Waals surface area (Å²) in [5, 5.41) is 0. The minimum absolute atomic E-state index is 0.117. The molecule has 22 heavy (non-hydrogen) atoms. The molecule has 0 radical (unpaired) electrons. The van der Waals surface area contributed by atoms with Gasteiger partial charge in [-0.3, -0.25) is 14.7 Å². The highest BCUT2D eigenvalue weighted by Crippen LogP contribution is 2.18. The van der Waals surface area contributed by atoms with Crippen LogP contribution in [-0.2, 0) is 6.54 Å². The van der Waals surface area contributed by atoms with Crippen LogP contribution in [0.25, 0.3) is 0 Å². The summed E-state index contributed by atoms with van der Waals surface area (Å²) >= 11 is 0. The van der Waals surface area contributed by atoms with Crippen LogP contribution in [0.3, 0.4) is 0 Å². The second-order valence-electron chi connectivity index (χ2n) is 5.69. The molecule has 0 bridgehead atoms. The fraction of sp³-hybridized carbons (Fsp3) is 0.333. The van der Waals surface area contributed by atoms with Crippen molar-refractivity contribution in [1.29, 1.82) is 0 Å². The number of pyridine rings is 1. The van der Waals surface area contributed by atoms with Gasteiger partial charge in [-0.05, 0) is 43.3 Å². The molecule has 4 heteroatoms. The number of carbonyl (C=O) groups excluding carboxylic acids is 1. The standard InChI is InChI=1S/C18H21N3O/c1-15(22)16-5-7-18(8-6-16)21-12-10-20(11-13-21)14-17-4-2-3-9-19-17/h2-9H,10-14H2,1H3. The Bertz CT molecular complexity index is 617. The predicted molar refractivity (Wildman–Crippen MR) is 88.2 cm³/mol. The molecule has 0 amide bonds. The number of aromatic nitrogens is 1. The number of carbonyl (C=O) groups is 1. The molecule has 0 N–H and O–H groups in total. The van der Waals surface area contributed by atoms with Crippen molar-refractivity contribution in [3.05, 3.63) is 59.9 Å². The largest absolute Gasteiger partial charge is 0.369 e. The molecular weight excluding hydrogens is 274 g/mol. The first-order valence-corrected chi connectivity index (χ1v) is 7.70. The SMILES string of the molecule is CC(=O)c1ccc(N2CCN(Cc3ccccn3)CC2)cc1. The molecule has 1 aromatic carbocycles. The molecule has 1 aliphatic rings. The summed E-state index contributed by atoms with van der Waals surface area (Å²) in [6.45, 7) is 6.60. The molecule has 0 spiro atoms. The fourth-order valence-electron chi connectivity index (χ4n) is 2.79. The third-order valence-corrected chi connectivity index (χ3v) is 4.12. The maximum Gasteiger partial charge on any atom is 0.159 e. The fourth-order valence-corrected chi connectivity index (χ4v) is 2.79. The van der Waals surface area contributed by atoms with Gasteiger partial charge in [0, 0.05) is 50.2 Å². The Morgan fingerprint density at radius 2 is 1.77 bits per heavy atom. The predicted octanol–water partition coefficient (Wildman–Crippen LogP) is 2.61. The van der Waals surface area contributed by atoms with Crippen LogP contribution in [0.4, 0.5) is 5.69 Å². The van der Waals surface area contributed by atoms with Gasteiger partial charge in [0.25, 0.3) is 0 Å². The van der Waals surface area contributed by atoms with Crippen LogP contribution in [0.15, 0.2) is 48.7 Å². The van der Waals surface area contributed by atoms with E-state index in [0.717, 1.165) is 44.0 Å². The summed E-state index contributed by atoms with van der Waals surface area (Å²) in [6.07, 6.45) is 1.85. The van der Waals surface area contributed by atoms with Crippen molar-refractivity contribution in [3.8, 4) is 0 Å². The van der Waals surface area contributed by atoms with E-state index < -0.39 is 0 Å². The Balaban J connectivity index is 1.56. The van der Waals surface area contributed by atoms with Crippen molar-refractivity contribution < 1.29 is 4.79 Å². The molecule has 1 aromatic heterocycles. The lowest BCUT2D eigenvalue weighted by Gasteiger charge is -2.36. The second kappa shape index (κ2) is 6.71. The Labute approximate surface area is 131 Å². The normalized spacial score (nSPS) is 15.8. The van der Waals surface area contributed by atoms with E-state index in [9.17, 15) is 4.79 Å². The summed E-state index contributed by atoms with van der Waals surface area (Å²) in [4.78, 5) is 20.5. The Hall–Kier alpha value is -2.20. The molecule has 114 valence electrons. The maximum absolute atomic E-state index is 11.3. The number of rotatable bonds is 4. The summed E-state index contributed by atoms with van der Waals surface area (Å²) in [6, 6.07) is 14.0. The van der Waals surface area contributed by atoms with Crippen LogP contribution in [0.1, 0.15) is 23.0 Å². The van der Waals surface area contributed by atoms with Crippen LogP contribution in [-0.4, -0.2) is 41.8 Å². The first kappa shape index (κ1) is 14.7. The summed E-state index contributed by atoms with van der Waals surface area (Å²) < 4.78 is 0. The number of piperazine rings is 1. The molecule has 0 aliphatic carbocycles. The first-order chi connectivity index (χ1) is 10.7. The van der Waals surface area contributed by atoms with Gasteiger partial charge in [0.05, 0.1) is 5.69 Å². The quantitative estimate of drug-likeness (QED) is 0.812. The highest BCUT2D eigenvalue weighted by molar-refractivity contribution is 5.94. The van der Waals surface area contributed by atoms with Gasteiger partial charge in [-0.2, -0.15) is 0 Å². The zero-order valence-electron chi connectivity index (χ0n) is 12.9. The molecule has 1 aliphatic heterocycles. The van der Waals surface area contributed by atoms with Crippen molar-refractivity contribution in [2.24, 2.45) is 0 Å². The van der Waals surface area contributed by atoms with E-state index in [0.29, 0.717) is 0 Å². The monoisotopic (exact) mass is 295 g/mol. The molecule has 2 heterocycles. The molecule has 3 rings (SSSR count). The number of hydrogen-bond acceptors (Lipinski definition) is 4. The zero-order valence-corrected chi connectivity index (χ0v) is 12.9. The minimum atomic E-state index is 0.117. The molecule has 4 nitrogen and oxygen atoms in total. The number of Topliss-reactive ketones (excluding diaryl/α,β-unsaturated/α-hetero) is 1. The van der Waals surface area contributed by atoms with Crippen molar-refractivity contribution in [2.45, 2.75) is 13.5 Å². The highest BCUT2D eigenvalue weighted by atomic mass is 16.1. The van der Waals surface area contributed by atoms with E-state index >= 15 is 0 Å². The van der Waals surface area contributed by atoms with E-state index in [1.165, 1.54) is 5.69 Å². The van der Waals surface area contributed by atoms with Crippen LogP contribution in [0.2, 0.25) is 0 Å². The average molecular weight is 295 g/mol. The minimum Gasteiger partial charge on any atom is -0.369 e. The van der Waals surface area contributed by atoms with Crippen LogP contribution >= 0.6 is 0 Å². The molecule has 1 fully saturated rings. The van der Waals surface area contributed by atoms with Crippen molar-refractivity contribution in [3.63, 3.8) is 0 Å². The molecular formula is C18H21N3O. The molecule has 0 atom stereocenters.